The first-order chi connectivity index (χ1) is 15.3. The molecule has 4 N–H and O–H groups in total. The van der Waals surface area contributed by atoms with Crippen molar-refractivity contribution >= 4 is 58.8 Å². The van der Waals surface area contributed by atoms with Gasteiger partial charge in [0.2, 0.25) is 0 Å². The second-order valence-corrected chi connectivity index (χ2v) is 7.01. The van der Waals surface area contributed by atoms with Gasteiger partial charge in [0.25, 0.3) is 0 Å². The summed E-state index contributed by atoms with van der Waals surface area (Å²) in [6.07, 6.45) is 1.54. The predicted octanol–water partition coefficient (Wildman–Crippen LogP) is 4.74. The normalized spacial score (nSPS) is 11.6. The van der Waals surface area contributed by atoms with Gasteiger partial charge in [-0.05, 0) is 18.9 Å². The topological polar surface area (TPSA) is 114 Å². The summed E-state index contributed by atoms with van der Waals surface area (Å²) in [7, 11) is 5.93. The van der Waals surface area contributed by atoms with E-state index >= 15 is 0 Å². The van der Waals surface area contributed by atoms with E-state index in [9.17, 15) is 4.79 Å². The summed E-state index contributed by atoms with van der Waals surface area (Å²) in [5.41, 5.74) is 7.25. The van der Waals surface area contributed by atoms with Crippen LogP contribution in [0.4, 0.5) is 21.9 Å². The first kappa shape index (κ1) is 24.8. The van der Waals surface area contributed by atoms with Crippen LogP contribution in [0.15, 0.2) is 52.2 Å². The maximum Gasteiger partial charge on any atom is 0.327 e. The van der Waals surface area contributed by atoms with E-state index in [4.69, 9.17) is 38.4 Å². The van der Waals surface area contributed by atoms with Crippen LogP contribution in [0.5, 0.6) is 11.5 Å². The van der Waals surface area contributed by atoms with Crippen molar-refractivity contribution in [1.82, 2.24) is 4.90 Å². The standard InChI is InChI=1S/C21H24Cl2N6O3/c1-25-16(27-13-9-7-6-8-12(13)24)11-17(26-2)29(3)21(30)28-20-18(22)14(31-4)10-15(32-5)19(20)23/h6-11,27H,1,24H2,2-5H3,(H,28,30)/b16-11+,26-17+. The fourth-order valence-electron chi connectivity index (χ4n) is 2.59. The van der Waals surface area contributed by atoms with Gasteiger partial charge in [-0.25, -0.2) is 9.79 Å². The lowest BCUT2D eigenvalue weighted by Gasteiger charge is -2.21. The summed E-state index contributed by atoms with van der Waals surface area (Å²) in [6, 6.07) is 8.12. The number of hydrogen-bond acceptors (Lipinski definition) is 7. The molecule has 0 fully saturated rings. The van der Waals surface area contributed by atoms with Crippen LogP contribution in [0, 0.1) is 0 Å². The van der Waals surface area contributed by atoms with Crippen molar-refractivity contribution in [2.75, 3.05) is 44.7 Å². The van der Waals surface area contributed by atoms with Gasteiger partial charge in [0.1, 0.15) is 33.2 Å². The van der Waals surface area contributed by atoms with Crippen molar-refractivity contribution in [2.45, 2.75) is 0 Å². The maximum absolute atomic E-state index is 12.9. The van der Waals surface area contributed by atoms with E-state index in [1.165, 1.54) is 45.4 Å². The second kappa shape index (κ2) is 11.3. The van der Waals surface area contributed by atoms with E-state index in [1.807, 2.05) is 12.1 Å². The highest BCUT2D eigenvalue weighted by molar-refractivity contribution is 6.41. The Bertz CT molecular complexity index is 1040. The van der Waals surface area contributed by atoms with Crippen LogP contribution >= 0.6 is 23.2 Å². The molecule has 0 bridgehead atoms. The summed E-state index contributed by atoms with van der Waals surface area (Å²) in [6.45, 7) is 3.55. The van der Waals surface area contributed by atoms with Gasteiger partial charge in [0.05, 0.1) is 31.3 Å². The molecule has 0 heterocycles. The number of carbonyl (C=O) groups excluding carboxylic acids is 1. The minimum atomic E-state index is -0.566. The number of urea groups is 1. The Morgan fingerprint density at radius 2 is 1.75 bits per heavy atom. The number of benzene rings is 2. The highest BCUT2D eigenvalue weighted by Gasteiger charge is 2.22. The minimum Gasteiger partial charge on any atom is -0.495 e. The van der Waals surface area contributed by atoms with Crippen molar-refractivity contribution in [3.8, 4) is 11.5 Å². The third kappa shape index (κ3) is 5.63. The van der Waals surface area contributed by atoms with Crippen molar-refractivity contribution in [3.63, 3.8) is 0 Å². The number of aliphatic imine (C=N–C) groups is 2. The van der Waals surface area contributed by atoms with E-state index in [2.05, 4.69) is 27.3 Å². The molecule has 0 saturated heterocycles. The molecule has 0 saturated carbocycles. The zero-order chi connectivity index (χ0) is 23.8. The number of amidine groups is 1. The highest BCUT2D eigenvalue weighted by Crippen LogP contribution is 2.44. The van der Waals surface area contributed by atoms with E-state index in [1.54, 1.807) is 12.1 Å². The monoisotopic (exact) mass is 478 g/mol. The maximum atomic E-state index is 12.9. The summed E-state index contributed by atoms with van der Waals surface area (Å²) in [5.74, 6) is 1.19. The molecule has 32 heavy (non-hydrogen) atoms. The molecule has 0 radical (unpaired) electrons. The quantitative estimate of drug-likeness (QED) is 0.302. The van der Waals surface area contributed by atoms with E-state index < -0.39 is 6.03 Å². The Kier molecular flexibility index (Phi) is 8.74. The fourth-order valence-corrected chi connectivity index (χ4v) is 3.19. The number of anilines is 3. The van der Waals surface area contributed by atoms with E-state index in [0.29, 0.717) is 17.2 Å². The van der Waals surface area contributed by atoms with Gasteiger partial charge >= 0.3 is 6.03 Å². The van der Waals surface area contributed by atoms with Crippen LogP contribution in [0.3, 0.4) is 0 Å². The number of nitrogen functional groups attached to an aromatic ring is 1. The van der Waals surface area contributed by atoms with Gasteiger partial charge in [0.15, 0.2) is 0 Å². The number of halogens is 2. The first-order valence-corrected chi connectivity index (χ1v) is 9.94. The molecule has 11 heteroatoms. The molecule has 2 amide bonds. The third-order valence-electron chi connectivity index (χ3n) is 4.34. The summed E-state index contributed by atoms with van der Waals surface area (Å²) >= 11 is 12.7. The molecule has 0 aliphatic carbocycles. The number of carbonyl (C=O) groups is 1. The van der Waals surface area contributed by atoms with Crippen LogP contribution < -0.4 is 25.8 Å². The lowest BCUT2D eigenvalue weighted by Crippen LogP contribution is -2.36. The Labute approximate surface area is 196 Å². The van der Waals surface area contributed by atoms with Crippen LogP contribution in [0.25, 0.3) is 0 Å². The number of nitrogens with one attached hydrogen (secondary N) is 2. The Morgan fingerprint density at radius 3 is 2.25 bits per heavy atom. The van der Waals surface area contributed by atoms with Gasteiger partial charge in [-0.3, -0.25) is 9.89 Å². The minimum absolute atomic E-state index is 0.125. The number of likely N-dealkylation sites (N-methyl/N-ethyl adjacent to an activating group) is 1. The zero-order valence-corrected chi connectivity index (χ0v) is 19.6. The van der Waals surface area contributed by atoms with Crippen LogP contribution in [0.2, 0.25) is 10.0 Å². The summed E-state index contributed by atoms with van der Waals surface area (Å²) in [4.78, 5) is 22.3. The second-order valence-electron chi connectivity index (χ2n) is 6.25. The van der Waals surface area contributed by atoms with Crippen molar-refractivity contribution < 1.29 is 14.3 Å². The average Bonchev–Trinajstić information content (AvgIpc) is 2.80. The summed E-state index contributed by atoms with van der Waals surface area (Å²) < 4.78 is 10.4. The van der Waals surface area contributed by atoms with Gasteiger partial charge < -0.3 is 25.8 Å². The summed E-state index contributed by atoms with van der Waals surface area (Å²) in [5, 5.41) is 5.96. The first-order valence-electron chi connectivity index (χ1n) is 9.18. The van der Waals surface area contributed by atoms with Crippen molar-refractivity contribution in [1.29, 1.82) is 0 Å². The fraction of sp³-hybridized carbons (Fsp3) is 0.190. The Balaban J connectivity index is 2.30. The molecule has 2 aromatic carbocycles. The molecule has 2 aromatic rings. The number of nitrogens with two attached hydrogens (primary N) is 1. The smallest absolute Gasteiger partial charge is 0.327 e. The molecule has 0 aromatic heterocycles. The molecule has 170 valence electrons. The van der Waals surface area contributed by atoms with E-state index in [0.717, 1.165) is 0 Å². The van der Waals surface area contributed by atoms with Crippen LogP contribution in [-0.2, 0) is 0 Å². The average molecular weight is 479 g/mol. The largest absolute Gasteiger partial charge is 0.495 e. The molecule has 0 unspecified atom stereocenters. The molecule has 9 nitrogen and oxygen atoms in total. The molecule has 0 aliphatic rings. The van der Waals surface area contributed by atoms with Crippen LogP contribution in [-0.4, -0.2) is 51.8 Å². The molecular weight excluding hydrogens is 455 g/mol. The van der Waals surface area contributed by atoms with Gasteiger partial charge in [0, 0.05) is 26.2 Å². The number of nitrogens with zero attached hydrogens (tertiary/aromatic N) is 3. The third-order valence-corrected chi connectivity index (χ3v) is 5.09. The highest BCUT2D eigenvalue weighted by atomic mass is 35.5. The van der Waals surface area contributed by atoms with Crippen molar-refractivity contribution in [2.24, 2.45) is 9.98 Å². The van der Waals surface area contributed by atoms with E-state index in [-0.39, 0.29) is 33.1 Å². The zero-order valence-electron chi connectivity index (χ0n) is 18.1. The number of para-hydroxylation sites is 2. The number of ether oxygens (including phenoxy) is 2. The van der Waals surface area contributed by atoms with Gasteiger partial charge in [-0.1, -0.05) is 35.3 Å². The predicted molar refractivity (Wildman–Crippen MR) is 132 cm³/mol. The Hall–Kier alpha value is -3.43. The van der Waals surface area contributed by atoms with Crippen molar-refractivity contribution in [3.05, 3.63) is 52.3 Å². The molecule has 2 rings (SSSR count). The van der Waals surface area contributed by atoms with Gasteiger partial charge in [-0.2, -0.15) is 0 Å². The number of amides is 2. The SMILES string of the molecule is C=N/C(=C\C(=N/C)N(C)C(=O)Nc1c(Cl)c(OC)cc(OC)c1Cl)Nc1ccccc1N. The lowest BCUT2D eigenvalue weighted by molar-refractivity contribution is 0.239. The molecule has 0 spiro atoms. The van der Waals surface area contributed by atoms with Crippen LogP contribution in [0.1, 0.15) is 0 Å². The Morgan fingerprint density at radius 1 is 1.16 bits per heavy atom. The number of rotatable bonds is 7. The lowest BCUT2D eigenvalue weighted by atomic mass is 10.2. The molecule has 0 aliphatic heterocycles. The number of methoxy groups -OCH3 is 2. The molecule has 0 atom stereocenters. The van der Waals surface area contributed by atoms with Gasteiger partial charge in [-0.15, -0.1) is 0 Å². The molecular formula is C21H24Cl2N6O3. The number of hydrogen-bond donors (Lipinski definition) is 3.